The van der Waals surface area contributed by atoms with Crippen LogP contribution in [0.1, 0.15) is 45.1 Å². The predicted octanol–water partition coefficient (Wildman–Crippen LogP) is 2.88. The van der Waals surface area contributed by atoms with Gasteiger partial charge in [0.25, 0.3) is 0 Å². The number of nitrogens with one attached hydrogen (secondary N) is 1. The highest BCUT2D eigenvalue weighted by atomic mass is 16.2. The van der Waals surface area contributed by atoms with Crippen LogP contribution in [0.15, 0.2) is 24.3 Å². The zero-order valence-corrected chi connectivity index (χ0v) is 11.4. The molecule has 3 N–H and O–H groups in total. The molecule has 0 aliphatic heterocycles. The summed E-state index contributed by atoms with van der Waals surface area (Å²) < 4.78 is 0. The second-order valence-corrected chi connectivity index (χ2v) is 5.79. The molecule has 1 amide bonds. The van der Waals surface area contributed by atoms with Gasteiger partial charge in [0.15, 0.2) is 0 Å². The van der Waals surface area contributed by atoms with Gasteiger partial charge in [-0.05, 0) is 49.3 Å². The fraction of sp³-hybridized carbons (Fsp3) is 0.533. The van der Waals surface area contributed by atoms with Crippen molar-refractivity contribution < 1.29 is 4.79 Å². The first kappa shape index (κ1) is 13.1. The standard InChI is InChI=1S/C15H22N2O/c1-10(2)11-4-8-13(9-5-11)17-14(18)15(3,16)12-6-7-12/h4-5,8-10,12H,6-7,16H2,1-3H3,(H,17,18). The van der Waals surface area contributed by atoms with E-state index in [0.717, 1.165) is 18.5 Å². The first-order valence-corrected chi connectivity index (χ1v) is 6.61. The Hall–Kier alpha value is -1.35. The van der Waals surface area contributed by atoms with Crippen LogP contribution < -0.4 is 11.1 Å². The van der Waals surface area contributed by atoms with Gasteiger partial charge in [-0.2, -0.15) is 0 Å². The van der Waals surface area contributed by atoms with Gasteiger partial charge >= 0.3 is 0 Å². The van der Waals surface area contributed by atoms with Crippen LogP contribution in [-0.2, 0) is 4.79 Å². The van der Waals surface area contributed by atoms with Gasteiger partial charge in [-0.15, -0.1) is 0 Å². The van der Waals surface area contributed by atoms with Crippen LogP contribution in [0, 0.1) is 5.92 Å². The highest BCUT2D eigenvalue weighted by molar-refractivity contribution is 5.98. The number of hydrogen-bond donors (Lipinski definition) is 2. The molecule has 1 aliphatic carbocycles. The van der Waals surface area contributed by atoms with E-state index in [1.165, 1.54) is 5.56 Å². The van der Waals surface area contributed by atoms with Crippen molar-refractivity contribution in [3.63, 3.8) is 0 Å². The minimum absolute atomic E-state index is 0.0812. The van der Waals surface area contributed by atoms with E-state index in [1.54, 1.807) is 0 Å². The summed E-state index contributed by atoms with van der Waals surface area (Å²) in [6, 6.07) is 7.98. The monoisotopic (exact) mass is 246 g/mol. The maximum atomic E-state index is 12.1. The maximum Gasteiger partial charge on any atom is 0.244 e. The van der Waals surface area contributed by atoms with Crippen molar-refractivity contribution in [1.82, 2.24) is 0 Å². The molecule has 0 radical (unpaired) electrons. The van der Waals surface area contributed by atoms with Gasteiger partial charge in [0.2, 0.25) is 5.91 Å². The van der Waals surface area contributed by atoms with Crippen LogP contribution in [0.25, 0.3) is 0 Å². The minimum Gasteiger partial charge on any atom is -0.324 e. The number of hydrogen-bond acceptors (Lipinski definition) is 2. The Morgan fingerprint density at radius 2 is 1.89 bits per heavy atom. The van der Waals surface area contributed by atoms with Crippen LogP contribution in [0.2, 0.25) is 0 Å². The number of rotatable bonds is 4. The summed E-state index contributed by atoms with van der Waals surface area (Å²) >= 11 is 0. The molecule has 98 valence electrons. The lowest BCUT2D eigenvalue weighted by Crippen LogP contribution is -2.50. The number of benzene rings is 1. The third kappa shape index (κ3) is 2.72. The van der Waals surface area contributed by atoms with E-state index in [2.05, 4.69) is 19.2 Å². The molecular formula is C15H22N2O. The molecule has 1 aromatic rings. The Kier molecular flexibility index (Phi) is 3.44. The molecule has 0 saturated heterocycles. The quantitative estimate of drug-likeness (QED) is 0.858. The van der Waals surface area contributed by atoms with E-state index in [0.29, 0.717) is 11.8 Å². The van der Waals surface area contributed by atoms with Crippen LogP contribution in [0.5, 0.6) is 0 Å². The summed E-state index contributed by atoms with van der Waals surface area (Å²) in [5, 5.41) is 2.91. The lowest BCUT2D eigenvalue weighted by Gasteiger charge is -2.23. The van der Waals surface area contributed by atoms with Crippen molar-refractivity contribution in [3.05, 3.63) is 29.8 Å². The van der Waals surface area contributed by atoms with E-state index in [1.807, 2.05) is 31.2 Å². The molecule has 3 heteroatoms. The Morgan fingerprint density at radius 3 is 2.33 bits per heavy atom. The van der Waals surface area contributed by atoms with E-state index in [-0.39, 0.29) is 5.91 Å². The van der Waals surface area contributed by atoms with Crippen LogP contribution in [0.3, 0.4) is 0 Å². The van der Waals surface area contributed by atoms with Gasteiger partial charge in [-0.25, -0.2) is 0 Å². The van der Waals surface area contributed by atoms with E-state index in [9.17, 15) is 4.79 Å². The van der Waals surface area contributed by atoms with Crippen molar-refractivity contribution in [3.8, 4) is 0 Å². The SMILES string of the molecule is CC(C)c1ccc(NC(=O)C(C)(N)C2CC2)cc1. The van der Waals surface area contributed by atoms with Gasteiger partial charge in [-0.3, -0.25) is 4.79 Å². The Labute approximate surface area is 109 Å². The maximum absolute atomic E-state index is 12.1. The molecule has 3 nitrogen and oxygen atoms in total. The zero-order chi connectivity index (χ0) is 13.3. The van der Waals surface area contributed by atoms with Crippen molar-refractivity contribution in [2.75, 3.05) is 5.32 Å². The molecule has 18 heavy (non-hydrogen) atoms. The van der Waals surface area contributed by atoms with Gasteiger partial charge in [0, 0.05) is 5.69 Å². The highest BCUT2D eigenvalue weighted by Gasteiger charge is 2.44. The molecule has 1 aliphatic rings. The van der Waals surface area contributed by atoms with E-state index in [4.69, 9.17) is 5.73 Å². The zero-order valence-electron chi connectivity index (χ0n) is 11.4. The minimum atomic E-state index is -0.739. The summed E-state index contributed by atoms with van der Waals surface area (Å²) in [5.41, 5.74) is 7.43. The average molecular weight is 246 g/mol. The van der Waals surface area contributed by atoms with Crippen molar-refractivity contribution >= 4 is 11.6 Å². The third-order valence-corrected chi connectivity index (χ3v) is 3.75. The number of nitrogens with two attached hydrogens (primary N) is 1. The summed E-state index contributed by atoms with van der Waals surface area (Å²) in [5.74, 6) is 0.760. The summed E-state index contributed by atoms with van der Waals surface area (Å²) in [6.07, 6.45) is 2.12. The van der Waals surface area contributed by atoms with Crippen LogP contribution in [0.4, 0.5) is 5.69 Å². The number of carbonyl (C=O) groups is 1. The molecule has 2 rings (SSSR count). The Morgan fingerprint density at radius 1 is 1.33 bits per heavy atom. The molecule has 1 fully saturated rings. The lowest BCUT2D eigenvalue weighted by atomic mass is 9.96. The van der Waals surface area contributed by atoms with Crippen molar-refractivity contribution in [2.24, 2.45) is 11.7 Å². The second-order valence-electron chi connectivity index (χ2n) is 5.79. The topological polar surface area (TPSA) is 55.1 Å². The normalized spacial score (nSPS) is 18.5. The first-order chi connectivity index (χ1) is 8.41. The molecule has 1 atom stereocenters. The average Bonchev–Trinajstić information content (AvgIpc) is 3.13. The Balaban J connectivity index is 2.03. The highest BCUT2D eigenvalue weighted by Crippen LogP contribution is 2.38. The lowest BCUT2D eigenvalue weighted by molar-refractivity contribution is -0.121. The van der Waals surface area contributed by atoms with E-state index >= 15 is 0 Å². The van der Waals surface area contributed by atoms with Gasteiger partial charge in [-0.1, -0.05) is 26.0 Å². The van der Waals surface area contributed by atoms with Gasteiger partial charge < -0.3 is 11.1 Å². The Bertz CT molecular complexity index is 430. The predicted molar refractivity (Wildman–Crippen MR) is 74.5 cm³/mol. The molecule has 1 unspecified atom stereocenters. The molecule has 0 heterocycles. The fourth-order valence-electron chi connectivity index (χ4n) is 2.09. The van der Waals surface area contributed by atoms with Gasteiger partial charge in [0.05, 0.1) is 5.54 Å². The van der Waals surface area contributed by atoms with Crippen molar-refractivity contribution in [2.45, 2.75) is 45.1 Å². The van der Waals surface area contributed by atoms with Crippen LogP contribution in [-0.4, -0.2) is 11.4 Å². The third-order valence-electron chi connectivity index (χ3n) is 3.75. The summed E-state index contributed by atoms with van der Waals surface area (Å²) in [6.45, 7) is 6.12. The van der Waals surface area contributed by atoms with Gasteiger partial charge in [0.1, 0.15) is 0 Å². The van der Waals surface area contributed by atoms with E-state index < -0.39 is 5.54 Å². The van der Waals surface area contributed by atoms with Crippen LogP contribution >= 0.6 is 0 Å². The molecule has 0 spiro atoms. The van der Waals surface area contributed by atoms with Crippen molar-refractivity contribution in [1.29, 1.82) is 0 Å². The molecule has 0 bridgehead atoms. The number of amides is 1. The number of anilines is 1. The molecule has 0 aromatic heterocycles. The molecular weight excluding hydrogens is 224 g/mol. The largest absolute Gasteiger partial charge is 0.324 e. The fourth-order valence-corrected chi connectivity index (χ4v) is 2.09. The molecule has 1 aromatic carbocycles. The second kappa shape index (κ2) is 4.73. The first-order valence-electron chi connectivity index (χ1n) is 6.61. The molecule has 1 saturated carbocycles. The summed E-state index contributed by atoms with van der Waals surface area (Å²) in [4.78, 5) is 12.1. The summed E-state index contributed by atoms with van der Waals surface area (Å²) in [7, 11) is 0. The number of carbonyl (C=O) groups excluding carboxylic acids is 1. The smallest absolute Gasteiger partial charge is 0.244 e.